The quantitative estimate of drug-likeness (QED) is 0.790. The molecule has 1 amide bonds. The van der Waals surface area contributed by atoms with Crippen molar-refractivity contribution in [2.24, 2.45) is 5.41 Å². The minimum absolute atomic E-state index is 0.0408. The molecule has 5 heteroatoms. The van der Waals surface area contributed by atoms with Crippen molar-refractivity contribution >= 4 is 23.3 Å². The van der Waals surface area contributed by atoms with E-state index in [2.05, 4.69) is 15.3 Å². The van der Waals surface area contributed by atoms with Gasteiger partial charge in [-0.15, -0.1) is 0 Å². The Kier molecular flexibility index (Phi) is 3.63. The zero-order chi connectivity index (χ0) is 11.5. The average molecular weight is 228 g/mol. The van der Waals surface area contributed by atoms with Crippen LogP contribution >= 0.6 is 11.6 Å². The van der Waals surface area contributed by atoms with Crippen LogP contribution in [0.15, 0.2) is 12.4 Å². The number of rotatable bonds is 2. The van der Waals surface area contributed by atoms with Crippen LogP contribution in [-0.4, -0.2) is 15.9 Å². The molecule has 1 aromatic rings. The zero-order valence-corrected chi connectivity index (χ0v) is 9.80. The van der Waals surface area contributed by atoms with Gasteiger partial charge in [-0.1, -0.05) is 32.4 Å². The van der Waals surface area contributed by atoms with Crippen LogP contribution < -0.4 is 5.32 Å². The van der Waals surface area contributed by atoms with E-state index < -0.39 is 0 Å². The highest BCUT2D eigenvalue weighted by atomic mass is 35.5. The molecule has 15 heavy (non-hydrogen) atoms. The predicted molar refractivity (Wildman–Crippen MR) is 59.7 cm³/mol. The topological polar surface area (TPSA) is 54.9 Å². The molecule has 0 spiro atoms. The number of nitrogens with zero attached hydrogens (tertiary/aromatic N) is 2. The number of carbonyl (C=O) groups is 1. The highest BCUT2D eigenvalue weighted by molar-refractivity contribution is 6.29. The Balaban J connectivity index is 2.59. The number of nitrogens with one attached hydrogen (secondary N) is 1. The number of anilines is 1. The third-order valence-corrected chi connectivity index (χ3v) is 1.80. The van der Waals surface area contributed by atoms with Gasteiger partial charge in [0.15, 0.2) is 0 Å². The van der Waals surface area contributed by atoms with Crippen LogP contribution in [0, 0.1) is 5.41 Å². The molecule has 0 aliphatic rings. The maximum atomic E-state index is 11.5. The summed E-state index contributed by atoms with van der Waals surface area (Å²) in [6.07, 6.45) is 1.75. The van der Waals surface area contributed by atoms with Crippen molar-refractivity contribution in [3.8, 4) is 0 Å². The molecule has 1 aromatic heterocycles. The summed E-state index contributed by atoms with van der Waals surface area (Å²) < 4.78 is 0. The Labute approximate surface area is 94.1 Å². The summed E-state index contributed by atoms with van der Waals surface area (Å²) in [4.78, 5) is 19.1. The molecule has 4 nitrogen and oxygen atoms in total. The maximum absolute atomic E-state index is 11.5. The fourth-order valence-corrected chi connectivity index (χ4v) is 1.22. The van der Waals surface area contributed by atoms with Crippen LogP contribution in [0.5, 0.6) is 0 Å². The lowest BCUT2D eigenvalue weighted by Crippen LogP contribution is -2.20. The largest absolute Gasteiger partial charge is 0.311 e. The van der Waals surface area contributed by atoms with Gasteiger partial charge in [0.2, 0.25) is 5.91 Å². The minimum atomic E-state index is -0.0720. The monoisotopic (exact) mass is 227 g/mol. The highest BCUT2D eigenvalue weighted by Crippen LogP contribution is 2.19. The van der Waals surface area contributed by atoms with Gasteiger partial charge in [-0.25, -0.2) is 9.97 Å². The van der Waals surface area contributed by atoms with Crippen LogP contribution in [0.4, 0.5) is 5.82 Å². The van der Waals surface area contributed by atoms with Gasteiger partial charge in [-0.2, -0.15) is 0 Å². The van der Waals surface area contributed by atoms with Crippen LogP contribution in [0.1, 0.15) is 27.2 Å². The summed E-state index contributed by atoms with van der Waals surface area (Å²) in [5, 5.41) is 2.98. The number of hydrogen-bond donors (Lipinski definition) is 1. The molecule has 0 saturated heterocycles. The van der Waals surface area contributed by atoms with E-state index in [4.69, 9.17) is 11.6 Å². The molecule has 0 aliphatic carbocycles. The fraction of sp³-hybridized carbons (Fsp3) is 0.500. The number of carbonyl (C=O) groups excluding carboxylic acids is 1. The zero-order valence-electron chi connectivity index (χ0n) is 9.04. The van der Waals surface area contributed by atoms with E-state index in [0.29, 0.717) is 17.4 Å². The summed E-state index contributed by atoms with van der Waals surface area (Å²) in [5.74, 6) is 0.363. The first-order valence-electron chi connectivity index (χ1n) is 4.64. The van der Waals surface area contributed by atoms with Gasteiger partial charge >= 0.3 is 0 Å². The van der Waals surface area contributed by atoms with Gasteiger partial charge < -0.3 is 5.32 Å². The lowest BCUT2D eigenvalue weighted by Gasteiger charge is -2.16. The Morgan fingerprint density at radius 1 is 1.47 bits per heavy atom. The second kappa shape index (κ2) is 4.57. The number of aromatic nitrogens is 2. The molecule has 82 valence electrons. The molecule has 0 aliphatic heterocycles. The molecule has 1 heterocycles. The second-order valence-corrected chi connectivity index (χ2v) is 4.90. The summed E-state index contributed by atoms with van der Waals surface area (Å²) in [6.45, 7) is 6.00. The lowest BCUT2D eigenvalue weighted by molar-refractivity contribution is -0.117. The van der Waals surface area contributed by atoms with Crippen molar-refractivity contribution in [3.63, 3.8) is 0 Å². The van der Waals surface area contributed by atoms with Crippen molar-refractivity contribution in [2.75, 3.05) is 5.32 Å². The third-order valence-electron chi connectivity index (χ3n) is 1.59. The van der Waals surface area contributed by atoms with Crippen molar-refractivity contribution in [1.82, 2.24) is 9.97 Å². The molecule has 1 N–H and O–H groups in total. The molecule has 0 fully saturated rings. The average Bonchev–Trinajstić information content (AvgIpc) is 1.99. The molecular formula is C10H14ClN3O. The normalized spacial score (nSPS) is 11.2. The van der Waals surface area contributed by atoms with Gasteiger partial charge in [-0.05, 0) is 5.41 Å². The Bertz CT molecular complexity index is 360. The van der Waals surface area contributed by atoms with E-state index in [0.717, 1.165) is 0 Å². The van der Waals surface area contributed by atoms with E-state index in [1.54, 1.807) is 0 Å². The van der Waals surface area contributed by atoms with Crippen LogP contribution in [0.25, 0.3) is 0 Å². The Morgan fingerprint density at radius 3 is 2.67 bits per heavy atom. The van der Waals surface area contributed by atoms with Gasteiger partial charge in [-0.3, -0.25) is 4.79 Å². The van der Waals surface area contributed by atoms with Gasteiger partial charge in [0.05, 0.1) is 0 Å². The molecule has 1 rings (SSSR count). The Hall–Kier alpha value is -1.16. The van der Waals surface area contributed by atoms with Crippen LogP contribution in [0.3, 0.4) is 0 Å². The molecule has 0 unspecified atom stereocenters. The van der Waals surface area contributed by atoms with Crippen LogP contribution in [0.2, 0.25) is 5.15 Å². The van der Waals surface area contributed by atoms with Gasteiger partial charge in [0.25, 0.3) is 0 Å². The van der Waals surface area contributed by atoms with Crippen molar-refractivity contribution in [1.29, 1.82) is 0 Å². The van der Waals surface area contributed by atoms with E-state index in [1.807, 2.05) is 20.8 Å². The maximum Gasteiger partial charge on any atom is 0.226 e. The van der Waals surface area contributed by atoms with Crippen molar-refractivity contribution in [3.05, 3.63) is 17.5 Å². The fourth-order valence-electron chi connectivity index (χ4n) is 1.07. The number of amides is 1. The van der Waals surface area contributed by atoms with E-state index in [9.17, 15) is 4.79 Å². The summed E-state index contributed by atoms with van der Waals surface area (Å²) in [7, 11) is 0. The predicted octanol–water partition coefficient (Wildman–Crippen LogP) is 2.50. The molecule has 0 saturated carbocycles. The minimum Gasteiger partial charge on any atom is -0.311 e. The number of hydrogen-bond acceptors (Lipinski definition) is 3. The molecular weight excluding hydrogens is 214 g/mol. The lowest BCUT2D eigenvalue weighted by atomic mass is 9.92. The van der Waals surface area contributed by atoms with E-state index in [1.165, 1.54) is 12.4 Å². The Morgan fingerprint density at radius 2 is 2.13 bits per heavy atom. The first-order chi connectivity index (χ1) is 6.87. The van der Waals surface area contributed by atoms with Gasteiger partial charge in [0.1, 0.15) is 17.3 Å². The third kappa shape index (κ3) is 4.74. The second-order valence-electron chi connectivity index (χ2n) is 4.51. The van der Waals surface area contributed by atoms with Crippen molar-refractivity contribution in [2.45, 2.75) is 27.2 Å². The van der Waals surface area contributed by atoms with Crippen molar-refractivity contribution < 1.29 is 4.79 Å². The van der Waals surface area contributed by atoms with E-state index in [-0.39, 0.29) is 11.3 Å². The summed E-state index contributed by atoms with van der Waals surface area (Å²) in [5.41, 5.74) is -0.0408. The van der Waals surface area contributed by atoms with Crippen LogP contribution in [-0.2, 0) is 4.79 Å². The van der Waals surface area contributed by atoms with E-state index >= 15 is 0 Å². The van der Waals surface area contributed by atoms with Gasteiger partial charge in [0, 0.05) is 12.5 Å². The molecule has 0 aromatic carbocycles. The molecule has 0 bridgehead atoms. The number of halogens is 1. The smallest absolute Gasteiger partial charge is 0.226 e. The first kappa shape index (κ1) is 11.9. The first-order valence-corrected chi connectivity index (χ1v) is 5.02. The summed E-state index contributed by atoms with van der Waals surface area (Å²) in [6, 6.07) is 1.52. The summed E-state index contributed by atoms with van der Waals surface area (Å²) >= 11 is 5.66. The standard InChI is InChI=1S/C10H14ClN3O/c1-10(2,3)5-9(15)14-8-4-7(11)12-6-13-8/h4,6H,5H2,1-3H3,(H,12,13,14,15). The SMILES string of the molecule is CC(C)(C)CC(=O)Nc1cc(Cl)ncn1. The highest BCUT2D eigenvalue weighted by Gasteiger charge is 2.16. The molecule has 0 radical (unpaired) electrons. The molecule has 0 atom stereocenters.